The van der Waals surface area contributed by atoms with Gasteiger partial charge in [-0.15, -0.1) is 6.58 Å². The molecule has 3 rings (SSSR count). The highest BCUT2D eigenvalue weighted by Crippen LogP contribution is 2.51. The van der Waals surface area contributed by atoms with Gasteiger partial charge in [-0.25, -0.2) is 9.59 Å². The molecule has 0 saturated heterocycles. The van der Waals surface area contributed by atoms with Gasteiger partial charge in [-0.3, -0.25) is 9.59 Å². The molecule has 0 bridgehead atoms. The van der Waals surface area contributed by atoms with Crippen molar-refractivity contribution in [3.8, 4) is 11.5 Å². The van der Waals surface area contributed by atoms with Crippen LogP contribution in [-0.4, -0.2) is 87.8 Å². The van der Waals surface area contributed by atoms with E-state index in [4.69, 9.17) is 24.7 Å². The summed E-state index contributed by atoms with van der Waals surface area (Å²) in [6.45, 7) is 40.6. The van der Waals surface area contributed by atoms with Crippen LogP contribution in [0.25, 0.3) is 5.57 Å². The van der Waals surface area contributed by atoms with E-state index in [0.717, 1.165) is 36.1 Å². The van der Waals surface area contributed by atoms with Gasteiger partial charge in [0.15, 0.2) is 12.2 Å². The summed E-state index contributed by atoms with van der Waals surface area (Å²) in [5.74, 6) is -3.21. The summed E-state index contributed by atoms with van der Waals surface area (Å²) in [7, 11) is 1.72. The molecule has 1 aliphatic rings. The number of anilines is 2. The molecule has 0 aromatic heterocycles. The number of rotatable bonds is 24. The number of ketones is 1. The van der Waals surface area contributed by atoms with E-state index in [1.807, 2.05) is 99.6 Å². The van der Waals surface area contributed by atoms with Gasteiger partial charge in [0.1, 0.15) is 23.4 Å². The Morgan fingerprint density at radius 1 is 0.831 bits per heavy atom. The van der Waals surface area contributed by atoms with Crippen molar-refractivity contribution < 1.29 is 53.1 Å². The minimum atomic E-state index is -1.16. The van der Waals surface area contributed by atoms with Crippen molar-refractivity contribution in [1.82, 2.24) is 0 Å². The Balaban J connectivity index is 0.00000125. The number of carboxylic acids is 2. The number of nitrogens with one attached hydrogen (secondary N) is 1. The van der Waals surface area contributed by atoms with Crippen molar-refractivity contribution in [2.45, 2.75) is 204 Å². The number of Topliss-reactive ketones (excluding diaryl/α,β-unsaturated/α-hetero) is 1. The number of aliphatic carboxylic acids is 2. The fourth-order valence-electron chi connectivity index (χ4n) is 9.11. The minimum Gasteiger partial charge on any atom is -0.493 e. The predicted molar refractivity (Wildman–Crippen MR) is 288 cm³/mol. The Morgan fingerprint density at radius 2 is 1.32 bits per heavy atom. The van der Waals surface area contributed by atoms with Gasteiger partial charge in [0.25, 0.3) is 5.91 Å². The summed E-state index contributed by atoms with van der Waals surface area (Å²) in [6.07, 6.45) is 6.87. The summed E-state index contributed by atoms with van der Waals surface area (Å²) in [5, 5.41) is 22.7. The van der Waals surface area contributed by atoms with Crippen molar-refractivity contribution in [3.05, 3.63) is 78.1 Å². The van der Waals surface area contributed by atoms with Crippen LogP contribution >= 0.6 is 0 Å². The molecular formula is C57H91N3O11. The molecule has 1 aliphatic heterocycles. The van der Waals surface area contributed by atoms with Crippen LogP contribution in [0.1, 0.15) is 174 Å². The van der Waals surface area contributed by atoms with Gasteiger partial charge in [-0.05, 0) is 126 Å². The molecule has 14 nitrogen and oxygen atoms in total. The summed E-state index contributed by atoms with van der Waals surface area (Å²) in [6, 6.07) is 10.8. The number of hydrogen-bond donors (Lipinski definition) is 4. The lowest BCUT2D eigenvalue weighted by molar-refractivity contribution is -0.148. The molecule has 71 heavy (non-hydrogen) atoms. The van der Waals surface area contributed by atoms with Crippen LogP contribution in [0.5, 0.6) is 11.5 Å². The first-order valence-electron chi connectivity index (χ1n) is 24.9. The quantitative estimate of drug-likeness (QED) is 0.0254. The lowest BCUT2D eigenvalue weighted by Crippen LogP contribution is -2.51. The number of allylic oxidation sites excluding steroid dienone is 4. The summed E-state index contributed by atoms with van der Waals surface area (Å²) < 4.78 is 23.7. The Labute approximate surface area is 426 Å². The highest BCUT2D eigenvalue weighted by Gasteiger charge is 2.46. The molecule has 400 valence electrons. The lowest BCUT2D eigenvalue weighted by atomic mass is 9.86. The van der Waals surface area contributed by atoms with Crippen molar-refractivity contribution in [1.29, 1.82) is 0 Å². The van der Waals surface area contributed by atoms with E-state index in [1.54, 1.807) is 46.1 Å². The predicted octanol–water partition coefficient (Wildman–Crippen LogP) is 12.2. The number of ether oxygens (including phenoxy) is 4. The van der Waals surface area contributed by atoms with E-state index in [9.17, 15) is 34.2 Å². The minimum absolute atomic E-state index is 0.0274. The second-order valence-corrected chi connectivity index (χ2v) is 20.7. The molecule has 0 fully saturated rings. The third kappa shape index (κ3) is 19.5. The van der Waals surface area contributed by atoms with Crippen molar-refractivity contribution in [2.24, 2.45) is 17.6 Å². The molecule has 0 aliphatic carbocycles. The van der Waals surface area contributed by atoms with Crippen LogP contribution < -0.4 is 25.4 Å². The second-order valence-electron chi connectivity index (χ2n) is 20.7. The number of nitrogens with zero attached hydrogens (tertiary/aromatic N) is 1. The number of nitrogens with two attached hydrogens (primary N) is 1. The van der Waals surface area contributed by atoms with E-state index in [0.29, 0.717) is 24.3 Å². The Morgan fingerprint density at radius 3 is 1.75 bits per heavy atom. The zero-order valence-corrected chi connectivity index (χ0v) is 46.9. The Bertz CT molecular complexity index is 2130. The molecule has 1 amide bonds. The highest BCUT2D eigenvalue weighted by molar-refractivity contribution is 6.53. The third-order valence-electron chi connectivity index (χ3n) is 11.8. The molecule has 4 atom stereocenters. The second kappa shape index (κ2) is 29.0. The maximum atomic E-state index is 12.7. The molecule has 2 aromatic carbocycles. The lowest BCUT2D eigenvalue weighted by Gasteiger charge is -2.45. The number of aldehydes is 1. The Hall–Kier alpha value is -5.63. The first kappa shape index (κ1) is 65.4. The molecule has 0 radical (unpaired) electrons. The first-order valence-corrected chi connectivity index (χ1v) is 24.9. The van der Waals surface area contributed by atoms with E-state index < -0.39 is 47.0 Å². The van der Waals surface area contributed by atoms with E-state index in [2.05, 4.69) is 58.3 Å². The number of benzene rings is 2. The van der Waals surface area contributed by atoms with Crippen molar-refractivity contribution in [2.75, 3.05) is 17.3 Å². The van der Waals surface area contributed by atoms with Gasteiger partial charge in [0, 0.05) is 77.3 Å². The Kier molecular flexibility index (Phi) is 26.7. The number of primary amides is 1. The fourth-order valence-corrected chi connectivity index (χ4v) is 9.11. The third-order valence-corrected chi connectivity index (χ3v) is 11.8. The molecular weight excluding hydrogens is 903 g/mol. The summed E-state index contributed by atoms with van der Waals surface area (Å²) >= 11 is 0. The largest absolute Gasteiger partial charge is 0.493 e. The van der Waals surface area contributed by atoms with Gasteiger partial charge in [0.05, 0.1) is 16.9 Å². The normalized spacial score (nSPS) is 15.8. The molecule has 4 unspecified atom stereocenters. The van der Waals surface area contributed by atoms with E-state index >= 15 is 0 Å². The SMILES string of the molecule is C/C=C(\C(=O)C(N)=O)c1c(NC(C)(C)CC(C)(C)O/C(C)=C/C)cccc1OC(C(=O)O)C(C)C.C=CCC.CC.COC(C)(C)CC(C)(C)N1c2cccc(OC(C(=O)O)C(C)C)c2C(CC=O)C1C. The molecule has 0 saturated carbocycles. The number of carboxylic acid groups (broad SMARTS) is 2. The van der Waals surface area contributed by atoms with Gasteiger partial charge in [0.2, 0.25) is 5.78 Å². The van der Waals surface area contributed by atoms with E-state index in [1.165, 1.54) is 6.08 Å². The van der Waals surface area contributed by atoms with Crippen LogP contribution in [0.4, 0.5) is 11.4 Å². The van der Waals surface area contributed by atoms with Gasteiger partial charge in [-0.1, -0.05) is 72.8 Å². The van der Waals surface area contributed by atoms with Crippen LogP contribution in [0.3, 0.4) is 0 Å². The number of methoxy groups -OCH3 is 1. The van der Waals surface area contributed by atoms with Gasteiger partial charge < -0.3 is 49.9 Å². The molecule has 2 aromatic rings. The number of hydrogen-bond acceptors (Lipinski definition) is 11. The highest BCUT2D eigenvalue weighted by atomic mass is 16.5. The number of carbonyl (C=O) groups excluding carboxylic acids is 3. The summed E-state index contributed by atoms with van der Waals surface area (Å²) in [5.41, 5.74) is 6.42. The average molecular weight is 994 g/mol. The first-order chi connectivity index (χ1) is 32.8. The van der Waals surface area contributed by atoms with Crippen LogP contribution in [-0.2, 0) is 33.4 Å². The van der Waals surface area contributed by atoms with Crippen molar-refractivity contribution in [3.63, 3.8) is 0 Å². The summed E-state index contributed by atoms with van der Waals surface area (Å²) in [4.78, 5) is 61.9. The number of amides is 1. The maximum Gasteiger partial charge on any atom is 0.345 e. The van der Waals surface area contributed by atoms with E-state index in [-0.39, 0.29) is 51.8 Å². The van der Waals surface area contributed by atoms with Crippen molar-refractivity contribution >= 4 is 46.9 Å². The van der Waals surface area contributed by atoms with Crippen LogP contribution in [0.15, 0.2) is 67.0 Å². The number of fused-ring (bicyclic) bond motifs is 1. The molecule has 1 heterocycles. The van der Waals surface area contributed by atoms with Crippen LogP contribution in [0, 0.1) is 11.8 Å². The molecule has 0 spiro atoms. The standard InChI is InChI=1S/C27H40N2O6.C24H37NO5.C4H8.C2H6/c1-10-17(5)35-27(8,9)15-26(6,7)29-19-13-12-14-20(34-23(16(3)4)25(32)33)21(19)18(11-2)22(30)24(28)31;1-15(2)21(22(27)28)30-19-11-9-10-18-20(19)17(12-13-26)16(3)25(18)23(4,5)14-24(6,7)29-8;1-3-4-2;1-2/h10-14,16,23,29H,15H2,1-9H3,(H2,28,31)(H,32,33);9-11,13,15-17,21H,12,14H2,1-8H3,(H,27,28);3H,1,4H2,2H3;1-2H3/b17-10+,18-11-;;;. The van der Waals surface area contributed by atoms with Crippen LogP contribution in [0.2, 0.25) is 0 Å². The molecule has 5 N–H and O–H groups in total. The number of carbonyl (C=O) groups is 5. The fraction of sp³-hybridized carbons (Fsp3) is 0.596. The monoisotopic (exact) mass is 994 g/mol. The van der Waals surface area contributed by atoms with Gasteiger partial charge >= 0.3 is 11.9 Å². The zero-order valence-electron chi connectivity index (χ0n) is 46.9. The van der Waals surface area contributed by atoms with Gasteiger partial charge in [-0.2, -0.15) is 0 Å². The smallest absolute Gasteiger partial charge is 0.345 e. The zero-order chi connectivity index (χ0) is 55.4. The topological polar surface area (TPSA) is 204 Å². The molecule has 14 heteroatoms. The average Bonchev–Trinajstić information content (AvgIpc) is 3.56. The maximum absolute atomic E-state index is 12.7.